The van der Waals surface area contributed by atoms with E-state index in [0.717, 1.165) is 34.5 Å². The number of fused-ring (bicyclic) bond motifs is 1. The maximum atomic E-state index is 12.3. The summed E-state index contributed by atoms with van der Waals surface area (Å²) in [4.78, 5) is 16.9. The summed E-state index contributed by atoms with van der Waals surface area (Å²) in [5.74, 6) is 0.117. The van der Waals surface area contributed by atoms with Crippen LogP contribution in [0.5, 0.6) is 0 Å². The van der Waals surface area contributed by atoms with Gasteiger partial charge in [-0.25, -0.2) is 4.98 Å². The molecule has 1 aromatic heterocycles. The zero-order chi connectivity index (χ0) is 17.0. The van der Waals surface area contributed by atoms with Crippen LogP contribution in [0.25, 0.3) is 10.2 Å². The minimum Gasteiger partial charge on any atom is -0.356 e. The molecule has 0 atom stereocenters. The van der Waals surface area contributed by atoms with E-state index in [-0.39, 0.29) is 23.7 Å². The lowest BCUT2D eigenvalue weighted by molar-refractivity contribution is -0.123. The first-order chi connectivity index (χ1) is 11.6. The fourth-order valence-electron chi connectivity index (χ4n) is 3.52. The van der Waals surface area contributed by atoms with Crippen LogP contribution in [-0.2, 0) is 11.2 Å². The zero-order valence-electron chi connectivity index (χ0n) is 14.2. The molecule has 1 aromatic carbocycles. The fraction of sp³-hybridized carbons (Fsp3) is 0.556. The summed E-state index contributed by atoms with van der Waals surface area (Å²) >= 11 is 7.65. The smallest absolute Gasteiger partial charge is 0.220 e. The molecule has 25 heavy (non-hydrogen) atoms. The Morgan fingerprint density at radius 3 is 2.80 bits per heavy atom. The maximum absolute atomic E-state index is 12.3. The highest BCUT2D eigenvalue weighted by atomic mass is 35.5. The van der Waals surface area contributed by atoms with Crippen molar-refractivity contribution < 1.29 is 4.79 Å². The van der Waals surface area contributed by atoms with Gasteiger partial charge in [-0.05, 0) is 43.0 Å². The lowest BCUT2D eigenvalue weighted by Crippen LogP contribution is -2.39. The van der Waals surface area contributed by atoms with Gasteiger partial charge in [0.25, 0.3) is 0 Å². The zero-order valence-corrected chi connectivity index (χ0v) is 16.6. The van der Waals surface area contributed by atoms with Crippen molar-refractivity contribution in [3.63, 3.8) is 0 Å². The van der Waals surface area contributed by atoms with E-state index < -0.39 is 0 Å². The molecule has 1 aliphatic carbocycles. The SMILES string of the molecule is Cl.NCC1(CC(=O)NCCc2nc3cc(Cl)ccc3s2)CCCCC1. The number of nitrogens with one attached hydrogen (secondary N) is 1. The molecule has 1 heterocycles. The van der Waals surface area contributed by atoms with Crippen molar-refractivity contribution in [1.29, 1.82) is 0 Å². The Kier molecular flexibility index (Phi) is 7.50. The molecule has 1 fully saturated rings. The number of amides is 1. The third kappa shape index (κ3) is 5.30. The molecule has 0 radical (unpaired) electrons. The number of nitrogens with zero attached hydrogens (tertiary/aromatic N) is 1. The summed E-state index contributed by atoms with van der Waals surface area (Å²) in [7, 11) is 0. The van der Waals surface area contributed by atoms with E-state index in [2.05, 4.69) is 10.3 Å². The van der Waals surface area contributed by atoms with Crippen molar-refractivity contribution in [2.24, 2.45) is 11.1 Å². The van der Waals surface area contributed by atoms with E-state index in [9.17, 15) is 4.79 Å². The Balaban J connectivity index is 0.00000225. The monoisotopic (exact) mass is 401 g/mol. The third-order valence-corrected chi connectivity index (χ3v) is 6.27. The summed E-state index contributed by atoms with van der Waals surface area (Å²) in [5, 5.41) is 4.77. The summed E-state index contributed by atoms with van der Waals surface area (Å²) < 4.78 is 1.13. The Morgan fingerprint density at radius 1 is 1.32 bits per heavy atom. The van der Waals surface area contributed by atoms with E-state index in [1.165, 1.54) is 19.3 Å². The molecule has 0 spiro atoms. The lowest BCUT2D eigenvalue weighted by atomic mass is 9.71. The second-order valence-corrected chi connectivity index (χ2v) is 8.31. The average molecular weight is 402 g/mol. The second kappa shape index (κ2) is 9.17. The minimum absolute atomic E-state index is 0. The molecule has 2 aromatic rings. The molecular formula is C18H25Cl2N3OS. The molecule has 138 valence electrons. The normalized spacial score (nSPS) is 16.4. The number of rotatable bonds is 6. The van der Waals surface area contributed by atoms with Crippen LogP contribution in [0.3, 0.4) is 0 Å². The average Bonchev–Trinajstić information content (AvgIpc) is 2.97. The predicted molar refractivity (Wildman–Crippen MR) is 108 cm³/mol. The number of halogens is 2. The first kappa shape index (κ1) is 20.4. The molecule has 0 aliphatic heterocycles. The number of carbonyl (C=O) groups is 1. The molecule has 0 unspecified atom stereocenters. The molecule has 3 N–H and O–H groups in total. The summed E-state index contributed by atoms with van der Waals surface area (Å²) in [5.41, 5.74) is 6.91. The van der Waals surface area contributed by atoms with Crippen LogP contribution >= 0.6 is 35.3 Å². The standard InChI is InChI=1S/C18H24ClN3OS.ClH/c19-13-4-5-15-14(10-13)22-17(24-15)6-9-21-16(23)11-18(12-20)7-2-1-3-8-18;/h4-5,10H,1-3,6-9,11-12,20H2,(H,21,23);1H. The van der Waals surface area contributed by atoms with Gasteiger partial charge in [-0.15, -0.1) is 23.7 Å². The summed E-state index contributed by atoms with van der Waals surface area (Å²) in [6.45, 7) is 1.23. The molecule has 1 aliphatic rings. The van der Waals surface area contributed by atoms with Crippen molar-refractivity contribution >= 4 is 51.5 Å². The van der Waals surface area contributed by atoms with Crippen LogP contribution in [0, 0.1) is 5.41 Å². The lowest BCUT2D eigenvalue weighted by Gasteiger charge is -2.35. The molecule has 1 saturated carbocycles. The van der Waals surface area contributed by atoms with Gasteiger partial charge >= 0.3 is 0 Å². The quantitative estimate of drug-likeness (QED) is 0.756. The first-order valence-electron chi connectivity index (χ1n) is 8.62. The third-order valence-electron chi connectivity index (χ3n) is 4.94. The second-order valence-electron chi connectivity index (χ2n) is 6.76. The number of hydrogen-bond acceptors (Lipinski definition) is 4. The van der Waals surface area contributed by atoms with Gasteiger partial charge < -0.3 is 11.1 Å². The molecule has 7 heteroatoms. The summed E-state index contributed by atoms with van der Waals surface area (Å²) in [6.07, 6.45) is 7.12. The van der Waals surface area contributed by atoms with Crippen LogP contribution in [-0.4, -0.2) is 24.0 Å². The van der Waals surface area contributed by atoms with Gasteiger partial charge in [-0.1, -0.05) is 30.9 Å². The Bertz CT molecular complexity index is 713. The number of thiazole rings is 1. The largest absolute Gasteiger partial charge is 0.356 e. The van der Waals surface area contributed by atoms with E-state index in [1.807, 2.05) is 18.2 Å². The highest BCUT2D eigenvalue weighted by Gasteiger charge is 2.32. The van der Waals surface area contributed by atoms with E-state index >= 15 is 0 Å². The van der Waals surface area contributed by atoms with E-state index in [4.69, 9.17) is 17.3 Å². The fourth-order valence-corrected chi connectivity index (χ4v) is 4.64. The van der Waals surface area contributed by atoms with Crippen molar-refractivity contribution in [1.82, 2.24) is 10.3 Å². The molecule has 0 saturated heterocycles. The topological polar surface area (TPSA) is 68.0 Å². The summed E-state index contributed by atoms with van der Waals surface area (Å²) in [6, 6.07) is 5.75. The van der Waals surface area contributed by atoms with Crippen molar-refractivity contribution in [2.45, 2.75) is 44.9 Å². The first-order valence-corrected chi connectivity index (χ1v) is 9.81. The molecule has 4 nitrogen and oxygen atoms in total. The highest BCUT2D eigenvalue weighted by molar-refractivity contribution is 7.18. The maximum Gasteiger partial charge on any atom is 0.220 e. The Labute approximate surface area is 163 Å². The van der Waals surface area contributed by atoms with Gasteiger partial charge in [0.05, 0.1) is 15.2 Å². The van der Waals surface area contributed by atoms with Crippen LogP contribution in [0.2, 0.25) is 5.02 Å². The van der Waals surface area contributed by atoms with Gasteiger partial charge in [-0.2, -0.15) is 0 Å². The van der Waals surface area contributed by atoms with Crippen LogP contribution in [0.4, 0.5) is 0 Å². The Morgan fingerprint density at radius 2 is 2.08 bits per heavy atom. The number of benzene rings is 1. The van der Waals surface area contributed by atoms with Gasteiger partial charge in [0.2, 0.25) is 5.91 Å². The number of nitrogens with two attached hydrogens (primary N) is 1. The minimum atomic E-state index is 0. The van der Waals surface area contributed by atoms with Crippen molar-refractivity contribution in [2.75, 3.05) is 13.1 Å². The number of aromatic nitrogens is 1. The van der Waals surface area contributed by atoms with Gasteiger partial charge in [-0.3, -0.25) is 4.79 Å². The molecular weight excluding hydrogens is 377 g/mol. The van der Waals surface area contributed by atoms with E-state index in [0.29, 0.717) is 24.5 Å². The molecule has 0 bridgehead atoms. The molecule has 3 rings (SSSR count). The van der Waals surface area contributed by atoms with E-state index in [1.54, 1.807) is 11.3 Å². The predicted octanol–water partition coefficient (Wildman–Crippen LogP) is 4.33. The number of carbonyl (C=O) groups excluding carboxylic acids is 1. The highest BCUT2D eigenvalue weighted by Crippen LogP contribution is 2.38. The Hall–Kier alpha value is -0.880. The van der Waals surface area contributed by atoms with Crippen LogP contribution < -0.4 is 11.1 Å². The van der Waals surface area contributed by atoms with Crippen LogP contribution in [0.1, 0.15) is 43.5 Å². The molecule has 1 amide bonds. The van der Waals surface area contributed by atoms with Crippen LogP contribution in [0.15, 0.2) is 18.2 Å². The van der Waals surface area contributed by atoms with Gasteiger partial charge in [0.1, 0.15) is 0 Å². The van der Waals surface area contributed by atoms with Gasteiger partial charge in [0, 0.05) is 24.4 Å². The van der Waals surface area contributed by atoms with Gasteiger partial charge in [0.15, 0.2) is 0 Å². The van der Waals surface area contributed by atoms with Crippen molar-refractivity contribution in [3.05, 3.63) is 28.2 Å². The van der Waals surface area contributed by atoms with Crippen molar-refractivity contribution in [3.8, 4) is 0 Å². The number of hydrogen-bond donors (Lipinski definition) is 2.